The zero-order valence-corrected chi connectivity index (χ0v) is 24.1. The molecule has 5 rings (SSSR count). The number of carbonyl (C=O) groups excluding carboxylic acids is 1. The van der Waals surface area contributed by atoms with Crippen LogP contribution in [0.15, 0.2) is 82.2 Å². The Kier molecular flexibility index (Phi) is 8.65. The highest BCUT2D eigenvalue weighted by Crippen LogP contribution is 2.43. The predicted octanol–water partition coefficient (Wildman–Crippen LogP) is 7.93. The summed E-state index contributed by atoms with van der Waals surface area (Å²) in [5, 5.41) is 3.60. The smallest absolute Gasteiger partial charge is 0.262 e. The zero-order chi connectivity index (χ0) is 26.5. The second-order valence-corrected chi connectivity index (χ2v) is 11.8. The number of carbonyl (C=O) groups is 1. The molecule has 1 aliphatic carbocycles. The van der Waals surface area contributed by atoms with Crippen molar-refractivity contribution in [2.24, 2.45) is 5.92 Å². The van der Waals surface area contributed by atoms with Gasteiger partial charge < -0.3 is 19.7 Å². The molecule has 0 aromatic heterocycles. The van der Waals surface area contributed by atoms with Crippen LogP contribution in [0.25, 0.3) is 6.08 Å². The molecule has 38 heavy (non-hydrogen) atoms. The number of thioether (sulfide) groups is 1. The van der Waals surface area contributed by atoms with Crippen LogP contribution in [0.4, 0.5) is 5.69 Å². The Morgan fingerprint density at radius 1 is 1.05 bits per heavy atom. The maximum atomic E-state index is 13.9. The summed E-state index contributed by atoms with van der Waals surface area (Å²) in [4.78, 5) is 16.7. The van der Waals surface area contributed by atoms with Gasteiger partial charge in [-0.3, -0.25) is 4.79 Å². The van der Waals surface area contributed by atoms with Crippen molar-refractivity contribution < 1.29 is 14.3 Å². The Labute approximate surface area is 237 Å². The maximum Gasteiger partial charge on any atom is 0.262 e. The molecule has 3 aromatic carbocycles. The summed E-state index contributed by atoms with van der Waals surface area (Å²) < 4.78 is 12.6. The highest BCUT2D eigenvalue weighted by atomic mass is 79.9. The van der Waals surface area contributed by atoms with E-state index in [0.717, 1.165) is 45.5 Å². The Balaban J connectivity index is 1.41. The van der Waals surface area contributed by atoms with E-state index in [1.807, 2.05) is 78.9 Å². The fourth-order valence-corrected chi connectivity index (χ4v) is 7.00. The number of methoxy groups -OCH3 is 1. The van der Waals surface area contributed by atoms with Gasteiger partial charge in [0, 0.05) is 11.7 Å². The Morgan fingerprint density at radius 3 is 2.47 bits per heavy atom. The number of nitrogens with zero attached hydrogens (tertiary/aromatic N) is 1. The molecule has 5 nitrogen and oxygen atoms in total. The maximum absolute atomic E-state index is 13.9. The number of nitrogens with one attached hydrogen (secondary N) is 1. The van der Waals surface area contributed by atoms with Crippen molar-refractivity contribution in [2.75, 3.05) is 12.4 Å². The molecule has 7 heteroatoms. The quantitative estimate of drug-likeness (QED) is 0.269. The van der Waals surface area contributed by atoms with Crippen molar-refractivity contribution in [3.8, 4) is 11.5 Å². The third-order valence-electron chi connectivity index (χ3n) is 7.20. The number of rotatable bonds is 8. The summed E-state index contributed by atoms with van der Waals surface area (Å²) in [6.07, 6.45) is 6.56. The molecule has 2 aliphatic rings. The van der Waals surface area contributed by atoms with Crippen LogP contribution in [0.5, 0.6) is 11.5 Å². The highest BCUT2D eigenvalue weighted by Gasteiger charge is 2.42. The van der Waals surface area contributed by atoms with Crippen molar-refractivity contribution in [3.63, 3.8) is 0 Å². The van der Waals surface area contributed by atoms with Crippen molar-refractivity contribution >= 4 is 45.4 Å². The molecule has 1 aliphatic heterocycles. The Bertz CT molecular complexity index is 1290. The van der Waals surface area contributed by atoms with Crippen LogP contribution < -0.4 is 14.8 Å². The van der Waals surface area contributed by atoms with Gasteiger partial charge >= 0.3 is 0 Å². The first kappa shape index (κ1) is 26.7. The average molecular weight is 594 g/mol. The van der Waals surface area contributed by atoms with E-state index < -0.39 is 0 Å². The molecule has 0 spiro atoms. The normalized spacial score (nSPS) is 22.5. The molecule has 1 unspecified atom stereocenters. The standard InChI is InChI=1S/C31H33BrN2O3S/c1-21-11-9-10-16-26(21)34-30(35)28(38-31(34)33-24-14-7-4-8-15-24)19-23-17-25(32)29(27(18-23)36-2)37-20-22-12-5-3-6-13-22/h3-8,12-15,17-19,21,26,31,33H,9-11,16,20H2,1-2H3/b28-19-/t21-,26+,31?/m0/s1. The number of anilines is 1. The van der Waals surface area contributed by atoms with Crippen molar-refractivity contribution in [1.82, 2.24) is 4.90 Å². The number of halogens is 1. The molecule has 2 fully saturated rings. The van der Waals surface area contributed by atoms with E-state index in [4.69, 9.17) is 9.47 Å². The van der Waals surface area contributed by atoms with Gasteiger partial charge in [-0.15, -0.1) is 0 Å². The van der Waals surface area contributed by atoms with E-state index >= 15 is 0 Å². The van der Waals surface area contributed by atoms with Gasteiger partial charge in [0.25, 0.3) is 5.91 Å². The number of hydrogen-bond acceptors (Lipinski definition) is 5. The second kappa shape index (κ2) is 12.3. The third kappa shape index (κ3) is 6.05. The minimum Gasteiger partial charge on any atom is -0.493 e. The van der Waals surface area contributed by atoms with Crippen molar-refractivity contribution in [3.05, 3.63) is 93.3 Å². The average Bonchev–Trinajstić information content (AvgIpc) is 3.23. The van der Waals surface area contributed by atoms with E-state index in [-0.39, 0.29) is 17.4 Å². The molecule has 0 bridgehead atoms. The Morgan fingerprint density at radius 2 is 1.76 bits per heavy atom. The lowest BCUT2D eigenvalue weighted by atomic mass is 9.85. The SMILES string of the molecule is COc1cc(/C=C2\SC(Nc3ccccc3)N([C@@H]3CCCC[C@@H]3C)C2=O)cc(Br)c1OCc1ccccc1. The molecular weight excluding hydrogens is 560 g/mol. The first-order valence-corrected chi connectivity index (χ1v) is 14.8. The highest BCUT2D eigenvalue weighted by molar-refractivity contribution is 9.10. The molecule has 0 radical (unpaired) electrons. The van der Waals surface area contributed by atoms with Crippen LogP contribution in [0.1, 0.15) is 43.7 Å². The van der Waals surface area contributed by atoms with E-state index in [2.05, 4.69) is 33.1 Å². The minimum atomic E-state index is -0.152. The van der Waals surface area contributed by atoms with E-state index in [0.29, 0.717) is 24.0 Å². The molecule has 3 aromatic rings. The second-order valence-electron chi connectivity index (χ2n) is 9.84. The number of ether oxygens (including phenoxy) is 2. The van der Waals surface area contributed by atoms with Crippen molar-refractivity contribution in [2.45, 2.75) is 50.8 Å². The zero-order valence-electron chi connectivity index (χ0n) is 21.7. The molecule has 1 heterocycles. The van der Waals surface area contributed by atoms with Gasteiger partial charge in [0.1, 0.15) is 6.61 Å². The van der Waals surface area contributed by atoms with Gasteiger partial charge in [-0.25, -0.2) is 0 Å². The van der Waals surface area contributed by atoms with Gasteiger partial charge in [-0.05, 0) is 76.2 Å². The summed E-state index contributed by atoms with van der Waals surface area (Å²) in [7, 11) is 1.63. The minimum absolute atomic E-state index is 0.0849. The molecule has 1 saturated carbocycles. The number of hydrogen-bond donors (Lipinski definition) is 1. The van der Waals surface area contributed by atoms with Gasteiger partial charge in [-0.2, -0.15) is 0 Å². The van der Waals surface area contributed by atoms with E-state index in [1.54, 1.807) is 18.9 Å². The molecule has 1 saturated heterocycles. The summed E-state index contributed by atoms with van der Waals surface area (Å²) in [5.41, 5.74) is 2.82. The van der Waals surface area contributed by atoms with E-state index in [1.165, 1.54) is 6.42 Å². The van der Waals surface area contributed by atoms with Crippen LogP contribution >= 0.6 is 27.7 Å². The fourth-order valence-electron chi connectivity index (χ4n) is 5.21. The fraction of sp³-hybridized carbons (Fsp3) is 0.323. The lowest BCUT2D eigenvalue weighted by Crippen LogP contribution is -2.48. The van der Waals surface area contributed by atoms with Crippen molar-refractivity contribution in [1.29, 1.82) is 0 Å². The molecule has 1 amide bonds. The van der Waals surface area contributed by atoms with Crippen LogP contribution in [0, 0.1) is 5.92 Å². The molecule has 3 atom stereocenters. The largest absolute Gasteiger partial charge is 0.493 e. The monoisotopic (exact) mass is 592 g/mol. The third-order valence-corrected chi connectivity index (χ3v) is 8.90. The number of benzene rings is 3. The van der Waals surface area contributed by atoms with Crippen LogP contribution in [-0.2, 0) is 11.4 Å². The van der Waals surface area contributed by atoms with E-state index in [9.17, 15) is 4.79 Å². The molecular formula is C31H33BrN2O3S. The van der Waals surface area contributed by atoms with Gasteiger partial charge in [0.2, 0.25) is 0 Å². The van der Waals surface area contributed by atoms with Crippen LogP contribution in [0.3, 0.4) is 0 Å². The number of para-hydroxylation sites is 1. The molecule has 198 valence electrons. The van der Waals surface area contributed by atoms with Gasteiger partial charge in [0.05, 0.1) is 16.5 Å². The summed E-state index contributed by atoms with van der Waals surface area (Å²) in [6, 6.07) is 24.3. The molecule has 1 N–H and O–H groups in total. The summed E-state index contributed by atoms with van der Waals surface area (Å²) >= 11 is 5.25. The van der Waals surface area contributed by atoms with Crippen LogP contribution in [0.2, 0.25) is 0 Å². The Hall–Kier alpha value is -2.90. The lowest BCUT2D eigenvalue weighted by molar-refractivity contribution is -0.129. The lowest BCUT2D eigenvalue weighted by Gasteiger charge is -2.39. The first-order chi connectivity index (χ1) is 18.5. The summed E-state index contributed by atoms with van der Waals surface area (Å²) in [5.74, 6) is 1.82. The van der Waals surface area contributed by atoms with Gasteiger partial charge in [0.15, 0.2) is 17.0 Å². The first-order valence-electron chi connectivity index (χ1n) is 13.1. The van der Waals surface area contributed by atoms with Crippen LogP contribution in [-0.4, -0.2) is 29.5 Å². The topological polar surface area (TPSA) is 50.8 Å². The summed E-state index contributed by atoms with van der Waals surface area (Å²) in [6.45, 7) is 2.71. The number of amides is 1. The van der Waals surface area contributed by atoms with Gasteiger partial charge in [-0.1, -0.05) is 80.1 Å². The predicted molar refractivity (Wildman–Crippen MR) is 159 cm³/mol.